The molecule has 1 saturated heterocycles. The van der Waals surface area contributed by atoms with Crippen LogP contribution in [0.3, 0.4) is 0 Å². The van der Waals surface area contributed by atoms with Crippen molar-refractivity contribution in [3.05, 3.63) is 70.1 Å². The van der Waals surface area contributed by atoms with Gasteiger partial charge in [-0.2, -0.15) is 11.8 Å². The minimum Gasteiger partial charge on any atom is -0.338 e. The summed E-state index contributed by atoms with van der Waals surface area (Å²) in [6, 6.07) is 13.7. The average molecular weight is 314 g/mol. The summed E-state index contributed by atoms with van der Waals surface area (Å²) in [6.07, 6.45) is 2.45. The van der Waals surface area contributed by atoms with Gasteiger partial charge in [-0.05, 0) is 24.1 Å². The quantitative estimate of drug-likeness (QED) is 0.927. The Bertz CT molecular complexity index is 699. The Balaban J connectivity index is 1.72. The Morgan fingerprint density at radius 2 is 1.95 bits per heavy atom. The smallest absolute Gasteiger partial charge is 0.260 e. The van der Waals surface area contributed by atoms with Crippen molar-refractivity contribution in [3.8, 4) is 0 Å². The number of pyridine rings is 1. The van der Waals surface area contributed by atoms with E-state index in [1.165, 1.54) is 5.56 Å². The lowest BCUT2D eigenvalue weighted by Gasteiger charge is -2.20. The van der Waals surface area contributed by atoms with Crippen molar-refractivity contribution in [1.29, 1.82) is 0 Å². The molecular formula is C17H18N2O2S. The van der Waals surface area contributed by atoms with Crippen molar-refractivity contribution in [2.24, 2.45) is 0 Å². The number of H-pyrrole nitrogens is 1. The van der Waals surface area contributed by atoms with Crippen molar-refractivity contribution in [2.75, 3.05) is 18.8 Å². The van der Waals surface area contributed by atoms with E-state index >= 15 is 0 Å². The van der Waals surface area contributed by atoms with Gasteiger partial charge in [-0.1, -0.05) is 30.3 Å². The first kappa shape index (κ1) is 14.9. The molecule has 0 bridgehead atoms. The lowest BCUT2D eigenvalue weighted by atomic mass is 10.1. The zero-order chi connectivity index (χ0) is 15.4. The van der Waals surface area contributed by atoms with E-state index in [2.05, 4.69) is 17.1 Å². The SMILES string of the molecule is O=C(c1ccc[nH]c1=O)N1CCSC(c2ccccc2)CC1. The summed E-state index contributed by atoms with van der Waals surface area (Å²) >= 11 is 1.88. The number of thioether (sulfide) groups is 1. The van der Waals surface area contributed by atoms with Gasteiger partial charge < -0.3 is 9.88 Å². The van der Waals surface area contributed by atoms with Gasteiger partial charge >= 0.3 is 0 Å². The zero-order valence-electron chi connectivity index (χ0n) is 12.2. The fourth-order valence-corrected chi connectivity index (χ4v) is 3.90. The number of hydrogen-bond donors (Lipinski definition) is 1. The average Bonchev–Trinajstić information content (AvgIpc) is 2.81. The molecule has 1 aromatic heterocycles. The molecule has 1 aromatic carbocycles. The van der Waals surface area contributed by atoms with Crippen molar-refractivity contribution in [3.63, 3.8) is 0 Å². The monoisotopic (exact) mass is 314 g/mol. The molecule has 1 aliphatic heterocycles. The van der Waals surface area contributed by atoms with Crippen LogP contribution in [0.25, 0.3) is 0 Å². The maximum absolute atomic E-state index is 12.5. The Kier molecular flexibility index (Phi) is 4.63. The Morgan fingerprint density at radius 1 is 1.14 bits per heavy atom. The zero-order valence-corrected chi connectivity index (χ0v) is 13.0. The van der Waals surface area contributed by atoms with Crippen LogP contribution in [-0.2, 0) is 0 Å². The van der Waals surface area contributed by atoms with Gasteiger partial charge in [0.2, 0.25) is 0 Å². The summed E-state index contributed by atoms with van der Waals surface area (Å²) < 4.78 is 0. The van der Waals surface area contributed by atoms with Gasteiger partial charge in [0.05, 0.1) is 0 Å². The lowest BCUT2D eigenvalue weighted by molar-refractivity contribution is 0.0765. The molecular weight excluding hydrogens is 296 g/mol. The molecule has 1 N–H and O–H groups in total. The molecule has 0 saturated carbocycles. The molecule has 5 heteroatoms. The number of hydrogen-bond acceptors (Lipinski definition) is 3. The third-order valence-corrected chi connectivity index (χ3v) is 5.18. The van der Waals surface area contributed by atoms with Crippen LogP contribution in [-0.4, -0.2) is 34.6 Å². The van der Waals surface area contributed by atoms with Gasteiger partial charge in [-0.15, -0.1) is 0 Å². The number of benzene rings is 1. The maximum atomic E-state index is 12.5. The van der Waals surface area contributed by atoms with Crippen LogP contribution in [0.5, 0.6) is 0 Å². The van der Waals surface area contributed by atoms with E-state index in [0.717, 1.165) is 12.2 Å². The molecule has 0 spiro atoms. The number of aromatic amines is 1. The highest BCUT2D eigenvalue weighted by Gasteiger charge is 2.23. The van der Waals surface area contributed by atoms with Crippen LogP contribution in [0.15, 0.2) is 53.5 Å². The number of aromatic nitrogens is 1. The van der Waals surface area contributed by atoms with Crippen LogP contribution in [0.4, 0.5) is 0 Å². The summed E-state index contributed by atoms with van der Waals surface area (Å²) in [6.45, 7) is 1.36. The molecule has 1 unspecified atom stereocenters. The molecule has 22 heavy (non-hydrogen) atoms. The topological polar surface area (TPSA) is 53.2 Å². The Hall–Kier alpha value is -2.01. The molecule has 2 aromatic rings. The third-order valence-electron chi connectivity index (χ3n) is 3.85. The molecule has 1 aliphatic rings. The van der Waals surface area contributed by atoms with Crippen LogP contribution in [0, 0.1) is 0 Å². The second-order valence-corrected chi connectivity index (χ2v) is 6.57. The number of rotatable bonds is 2. The third kappa shape index (κ3) is 3.25. The molecule has 4 nitrogen and oxygen atoms in total. The van der Waals surface area contributed by atoms with Crippen LogP contribution >= 0.6 is 11.8 Å². The number of carbonyl (C=O) groups excluding carboxylic acids is 1. The predicted molar refractivity (Wildman–Crippen MR) is 89.2 cm³/mol. The van der Waals surface area contributed by atoms with Crippen LogP contribution in [0.1, 0.15) is 27.6 Å². The highest BCUT2D eigenvalue weighted by atomic mass is 32.2. The molecule has 114 valence electrons. The number of nitrogens with one attached hydrogen (secondary N) is 1. The van der Waals surface area contributed by atoms with E-state index in [0.29, 0.717) is 18.3 Å². The first-order valence-electron chi connectivity index (χ1n) is 7.39. The van der Waals surface area contributed by atoms with Gasteiger partial charge in [0.15, 0.2) is 0 Å². The Morgan fingerprint density at radius 3 is 2.73 bits per heavy atom. The van der Waals surface area contributed by atoms with Crippen molar-refractivity contribution in [1.82, 2.24) is 9.88 Å². The first-order chi connectivity index (χ1) is 10.8. The van der Waals surface area contributed by atoms with Gasteiger partial charge in [0.25, 0.3) is 11.5 Å². The van der Waals surface area contributed by atoms with Crippen molar-refractivity contribution >= 4 is 17.7 Å². The van der Waals surface area contributed by atoms with E-state index in [9.17, 15) is 9.59 Å². The minimum absolute atomic E-state index is 0.170. The molecule has 0 aliphatic carbocycles. The second-order valence-electron chi connectivity index (χ2n) is 5.26. The fourth-order valence-electron chi connectivity index (χ4n) is 2.67. The summed E-state index contributed by atoms with van der Waals surface area (Å²) in [5.41, 5.74) is 1.22. The van der Waals surface area contributed by atoms with E-state index < -0.39 is 0 Å². The van der Waals surface area contributed by atoms with E-state index in [1.807, 2.05) is 30.0 Å². The summed E-state index contributed by atoms with van der Waals surface area (Å²) in [5, 5.41) is 0.410. The molecule has 0 radical (unpaired) electrons. The minimum atomic E-state index is -0.316. The molecule has 2 heterocycles. The van der Waals surface area contributed by atoms with Crippen molar-refractivity contribution < 1.29 is 4.79 Å². The van der Waals surface area contributed by atoms with E-state index in [4.69, 9.17) is 0 Å². The lowest BCUT2D eigenvalue weighted by Crippen LogP contribution is -2.36. The van der Waals surface area contributed by atoms with Gasteiger partial charge in [0, 0.05) is 30.3 Å². The molecule has 1 amide bonds. The predicted octanol–water partition coefficient (Wildman–Crippen LogP) is 2.70. The number of nitrogens with zero attached hydrogens (tertiary/aromatic N) is 1. The molecule has 1 atom stereocenters. The standard InChI is InChI=1S/C17H18N2O2S/c20-16-14(7-4-9-18-16)17(21)19-10-8-15(22-12-11-19)13-5-2-1-3-6-13/h1-7,9,15H,8,10-12H2,(H,18,20). The number of amides is 1. The van der Waals surface area contributed by atoms with Gasteiger partial charge in [-0.25, -0.2) is 0 Å². The maximum Gasteiger partial charge on any atom is 0.260 e. The summed E-state index contributed by atoms with van der Waals surface area (Å²) in [4.78, 5) is 28.6. The van der Waals surface area contributed by atoms with Gasteiger partial charge in [0.1, 0.15) is 5.56 Å². The fraction of sp³-hybridized carbons (Fsp3) is 0.294. The van der Waals surface area contributed by atoms with Crippen molar-refractivity contribution in [2.45, 2.75) is 11.7 Å². The second kappa shape index (κ2) is 6.83. The number of carbonyl (C=O) groups is 1. The Labute approximate surface area is 133 Å². The van der Waals surface area contributed by atoms with Crippen LogP contribution in [0.2, 0.25) is 0 Å². The first-order valence-corrected chi connectivity index (χ1v) is 8.44. The largest absolute Gasteiger partial charge is 0.338 e. The molecule has 1 fully saturated rings. The normalized spacial score (nSPS) is 18.7. The highest BCUT2D eigenvalue weighted by molar-refractivity contribution is 7.99. The van der Waals surface area contributed by atoms with Crippen LogP contribution < -0.4 is 5.56 Å². The molecule has 3 rings (SSSR count). The highest BCUT2D eigenvalue weighted by Crippen LogP contribution is 2.34. The summed E-state index contributed by atoms with van der Waals surface area (Å²) in [5.74, 6) is 0.715. The summed E-state index contributed by atoms with van der Waals surface area (Å²) in [7, 11) is 0. The van der Waals surface area contributed by atoms with Gasteiger partial charge in [-0.3, -0.25) is 9.59 Å². The van der Waals surface area contributed by atoms with E-state index in [1.54, 1.807) is 23.2 Å². The van der Waals surface area contributed by atoms with E-state index in [-0.39, 0.29) is 17.0 Å².